The van der Waals surface area contributed by atoms with E-state index in [0.717, 1.165) is 23.2 Å². The Hall–Kier alpha value is -1.26. The highest BCUT2D eigenvalue weighted by atomic mass is 79.9. The summed E-state index contributed by atoms with van der Waals surface area (Å²) in [7, 11) is 4.01. The average Bonchev–Trinajstić information content (AvgIpc) is 2.33. The monoisotopic (exact) mass is 308 g/mol. The zero-order chi connectivity index (χ0) is 13.1. The van der Waals surface area contributed by atoms with Crippen LogP contribution in [0.5, 0.6) is 0 Å². The molecule has 0 saturated carbocycles. The maximum atomic E-state index is 13.6. The van der Waals surface area contributed by atoms with E-state index in [-0.39, 0.29) is 5.82 Å². The molecule has 2 aromatic rings. The van der Waals surface area contributed by atoms with Crippen molar-refractivity contribution in [3.63, 3.8) is 0 Å². The fourth-order valence-electron chi connectivity index (χ4n) is 1.83. The van der Waals surface area contributed by atoms with Crippen LogP contribution in [0.2, 0.25) is 0 Å². The highest BCUT2D eigenvalue weighted by Gasteiger charge is 2.08. The second-order valence-corrected chi connectivity index (χ2v) is 5.25. The van der Waals surface area contributed by atoms with Crippen LogP contribution in [0.25, 0.3) is 11.1 Å². The third kappa shape index (κ3) is 2.94. The second-order valence-electron chi connectivity index (χ2n) is 4.40. The van der Waals surface area contributed by atoms with Crippen molar-refractivity contribution in [1.29, 1.82) is 0 Å². The van der Waals surface area contributed by atoms with Crippen LogP contribution in [0.15, 0.2) is 41.1 Å². The molecule has 0 atom stereocenters. The van der Waals surface area contributed by atoms with Crippen molar-refractivity contribution in [2.45, 2.75) is 6.54 Å². The van der Waals surface area contributed by atoms with E-state index in [2.05, 4.69) is 25.8 Å². The number of hydrogen-bond acceptors (Lipinski definition) is 2. The summed E-state index contributed by atoms with van der Waals surface area (Å²) in [5.41, 5.74) is 2.95. The van der Waals surface area contributed by atoms with Crippen molar-refractivity contribution in [3.05, 3.63) is 52.5 Å². The molecule has 4 heteroatoms. The Kier molecular flexibility index (Phi) is 4.09. The quantitative estimate of drug-likeness (QED) is 0.859. The van der Waals surface area contributed by atoms with Gasteiger partial charge in [-0.2, -0.15) is 0 Å². The summed E-state index contributed by atoms with van der Waals surface area (Å²) in [6.07, 6.45) is 3.54. The van der Waals surface area contributed by atoms with Gasteiger partial charge in [-0.25, -0.2) is 4.39 Å². The molecule has 0 unspecified atom stereocenters. The first kappa shape index (κ1) is 13.2. The third-order valence-electron chi connectivity index (χ3n) is 2.63. The van der Waals surface area contributed by atoms with Gasteiger partial charge in [0, 0.05) is 24.5 Å². The molecule has 2 nitrogen and oxygen atoms in total. The first-order valence-electron chi connectivity index (χ1n) is 5.61. The highest BCUT2D eigenvalue weighted by molar-refractivity contribution is 9.10. The Labute approximate surface area is 115 Å². The molecule has 0 aliphatic heterocycles. The van der Waals surface area contributed by atoms with Gasteiger partial charge in [-0.15, -0.1) is 0 Å². The molecule has 0 aliphatic rings. The molecular weight excluding hydrogens is 295 g/mol. The van der Waals surface area contributed by atoms with Gasteiger partial charge in [0.05, 0.1) is 4.47 Å². The summed E-state index contributed by atoms with van der Waals surface area (Å²) in [6, 6.07) is 7.11. The predicted molar refractivity (Wildman–Crippen MR) is 74.7 cm³/mol. The smallest absolute Gasteiger partial charge is 0.137 e. The molecule has 0 amide bonds. The van der Waals surface area contributed by atoms with Gasteiger partial charge < -0.3 is 4.90 Å². The SMILES string of the molecule is CN(C)Cc1ccncc1-c1ccc(Br)c(F)c1. The highest BCUT2D eigenvalue weighted by Crippen LogP contribution is 2.27. The van der Waals surface area contributed by atoms with E-state index in [1.54, 1.807) is 18.5 Å². The normalized spacial score (nSPS) is 10.9. The predicted octanol–water partition coefficient (Wildman–Crippen LogP) is 3.71. The molecule has 94 valence electrons. The Balaban J connectivity index is 2.46. The maximum absolute atomic E-state index is 13.6. The zero-order valence-electron chi connectivity index (χ0n) is 10.3. The maximum Gasteiger partial charge on any atom is 0.137 e. The minimum Gasteiger partial charge on any atom is -0.305 e. The lowest BCUT2D eigenvalue weighted by Gasteiger charge is -2.14. The number of benzene rings is 1. The zero-order valence-corrected chi connectivity index (χ0v) is 11.9. The molecule has 0 radical (unpaired) electrons. The van der Waals surface area contributed by atoms with Crippen molar-refractivity contribution in [2.75, 3.05) is 14.1 Å². The minimum atomic E-state index is -0.257. The molecule has 1 heterocycles. The lowest BCUT2D eigenvalue weighted by molar-refractivity contribution is 0.403. The van der Waals surface area contributed by atoms with Gasteiger partial charge in [0.2, 0.25) is 0 Å². The lowest BCUT2D eigenvalue weighted by Crippen LogP contribution is -2.11. The summed E-state index contributed by atoms with van der Waals surface area (Å²) in [4.78, 5) is 6.21. The standard InChI is InChI=1S/C14H14BrFN2/c1-18(2)9-11-5-6-17-8-12(11)10-3-4-13(15)14(16)7-10/h3-8H,9H2,1-2H3. The number of pyridine rings is 1. The lowest BCUT2D eigenvalue weighted by atomic mass is 10.0. The van der Waals surface area contributed by atoms with Crippen LogP contribution in [0.4, 0.5) is 4.39 Å². The molecule has 18 heavy (non-hydrogen) atoms. The number of nitrogens with zero attached hydrogens (tertiary/aromatic N) is 2. The molecule has 2 rings (SSSR count). The van der Waals surface area contributed by atoms with E-state index < -0.39 is 0 Å². The fourth-order valence-corrected chi connectivity index (χ4v) is 2.07. The van der Waals surface area contributed by atoms with Gasteiger partial charge in [0.1, 0.15) is 5.82 Å². The summed E-state index contributed by atoms with van der Waals surface area (Å²) < 4.78 is 14.1. The van der Waals surface area contributed by atoms with Gasteiger partial charge in [0.15, 0.2) is 0 Å². The topological polar surface area (TPSA) is 16.1 Å². The van der Waals surface area contributed by atoms with Crippen LogP contribution in [0.1, 0.15) is 5.56 Å². The second kappa shape index (κ2) is 5.59. The largest absolute Gasteiger partial charge is 0.305 e. The Bertz CT molecular complexity index is 555. The van der Waals surface area contributed by atoms with Gasteiger partial charge in [0.25, 0.3) is 0 Å². The van der Waals surface area contributed by atoms with E-state index in [1.807, 2.05) is 26.2 Å². The Morgan fingerprint density at radius 2 is 2.06 bits per heavy atom. The molecule has 0 saturated heterocycles. The fraction of sp³-hybridized carbons (Fsp3) is 0.214. The van der Waals surface area contributed by atoms with Gasteiger partial charge >= 0.3 is 0 Å². The van der Waals surface area contributed by atoms with E-state index in [9.17, 15) is 4.39 Å². The van der Waals surface area contributed by atoms with Crippen LogP contribution in [0.3, 0.4) is 0 Å². The van der Waals surface area contributed by atoms with Crippen molar-refractivity contribution in [1.82, 2.24) is 9.88 Å². The van der Waals surface area contributed by atoms with E-state index in [4.69, 9.17) is 0 Å². The molecule has 1 aromatic carbocycles. The molecule has 0 N–H and O–H groups in total. The van der Waals surface area contributed by atoms with Crippen LogP contribution in [-0.2, 0) is 6.54 Å². The Morgan fingerprint density at radius 3 is 2.72 bits per heavy atom. The van der Waals surface area contributed by atoms with Gasteiger partial charge in [-0.05, 0) is 59.4 Å². The molecule has 0 aliphatic carbocycles. The van der Waals surface area contributed by atoms with Crippen LogP contribution in [0, 0.1) is 5.82 Å². The third-order valence-corrected chi connectivity index (χ3v) is 3.27. The summed E-state index contributed by atoms with van der Waals surface area (Å²) in [5, 5.41) is 0. The molecule has 1 aromatic heterocycles. The first-order valence-corrected chi connectivity index (χ1v) is 6.40. The number of hydrogen-bond donors (Lipinski definition) is 0. The van der Waals surface area contributed by atoms with Crippen molar-refractivity contribution in [2.24, 2.45) is 0 Å². The van der Waals surface area contributed by atoms with E-state index in [1.165, 1.54) is 6.07 Å². The van der Waals surface area contributed by atoms with Crippen molar-refractivity contribution < 1.29 is 4.39 Å². The Morgan fingerprint density at radius 1 is 1.28 bits per heavy atom. The van der Waals surface area contributed by atoms with Crippen LogP contribution in [-0.4, -0.2) is 24.0 Å². The van der Waals surface area contributed by atoms with Crippen LogP contribution < -0.4 is 0 Å². The van der Waals surface area contributed by atoms with Crippen molar-refractivity contribution in [3.8, 4) is 11.1 Å². The van der Waals surface area contributed by atoms with Gasteiger partial charge in [-0.1, -0.05) is 6.07 Å². The van der Waals surface area contributed by atoms with Crippen LogP contribution >= 0.6 is 15.9 Å². The summed E-state index contributed by atoms with van der Waals surface area (Å²) in [5.74, 6) is -0.257. The van der Waals surface area contributed by atoms with Crippen molar-refractivity contribution >= 4 is 15.9 Å². The number of halogens is 2. The molecular formula is C14H14BrFN2. The van der Waals surface area contributed by atoms with Gasteiger partial charge in [-0.3, -0.25) is 4.98 Å². The number of aromatic nitrogens is 1. The molecule has 0 fully saturated rings. The molecule has 0 bridgehead atoms. The molecule has 0 spiro atoms. The average molecular weight is 309 g/mol. The summed E-state index contributed by atoms with van der Waals surface area (Å²) >= 11 is 3.16. The van der Waals surface area contributed by atoms with E-state index >= 15 is 0 Å². The first-order chi connectivity index (χ1) is 8.58. The van der Waals surface area contributed by atoms with E-state index in [0.29, 0.717) is 4.47 Å². The minimum absolute atomic E-state index is 0.257. The summed E-state index contributed by atoms with van der Waals surface area (Å²) in [6.45, 7) is 0.801. The number of rotatable bonds is 3.